The number of nitro groups is 1. The summed E-state index contributed by atoms with van der Waals surface area (Å²) in [6, 6.07) is 10.7. The lowest BCUT2D eigenvalue weighted by atomic mass is 10.2. The van der Waals surface area contributed by atoms with Gasteiger partial charge < -0.3 is 14.8 Å². The molecule has 25 heavy (non-hydrogen) atoms. The lowest BCUT2D eigenvalue weighted by Gasteiger charge is -2.18. The molecule has 0 aliphatic carbocycles. The number of rotatable bonds is 7. The highest BCUT2D eigenvalue weighted by Crippen LogP contribution is 2.27. The molecule has 0 fully saturated rings. The Balaban J connectivity index is 2.11. The van der Waals surface area contributed by atoms with E-state index < -0.39 is 16.9 Å². The van der Waals surface area contributed by atoms with Crippen LogP contribution in [0.15, 0.2) is 42.5 Å². The standard InChI is InChI=1S/C17H17ClN2O5/c1-3-16(25-13-7-5-12(24-2)6-8-13)17(21)19-15-10-11(20(22)23)4-9-14(15)18/h4-10,16H,3H2,1-2H3,(H,19,21). The fourth-order valence-corrected chi connectivity index (χ4v) is 2.24. The quantitative estimate of drug-likeness (QED) is 0.591. The van der Waals surface area contributed by atoms with E-state index in [9.17, 15) is 14.9 Å². The molecule has 0 heterocycles. The topological polar surface area (TPSA) is 90.7 Å². The molecule has 2 rings (SSSR count). The van der Waals surface area contributed by atoms with Crippen molar-refractivity contribution in [2.24, 2.45) is 0 Å². The molecule has 0 aliphatic heterocycles. The molecule has 0 spiro atoms. The molecule has 2 aromatic carbocycles. The molecule has 1 N–H and O–H groups in total. The predicted molar refractivity (Wildman–Crippen MR) is 94.4 cm³/mol. The second-order valence-corrected chi connectivity index (χ2v) is 5.51. The van der Waals surface area contributed by atoms with Crippen LogP contribution in [0.3, 0.4) is 0 Å². The van der Waals surface area contributed by atoms with E-state index in [1.807, 2.05) is 0 Å². The van der Waals surface area contributed by atoms with Gasteiger partial charge in [0.05, 0.1) is 22.7 Å². The van der Waals surface area contributed by atoms with Crippen molar-refractivity contribution in [2.75, 3.05) is 12.4 Å². The number of non-ortho nitro benzene ring substituents is 1. The van der Waals surface area contributed by atoms with E-state index in [0.717, 1.165) is 0 Å². The molecule has 0 bridgehead atoms. The average Bonchev–Trinajstić information content (AvgIpc) is 2.61. The Morgan fingerprint density at radius 3 is 2.44 bits per heavy atom. The highest BCUT2D eigenvalue weighted by molar-refractivity contribution is 6.33. The maximum absolute atomic E-state index is 12.4. The molecule has 2 aromatic rings. The summed E-state index contributed by atoms with van der Waals surface area (Å²) < 4.78 is 10.7. The number of carbonyl (C=O) groups excluding carboxylic acids is 1. The van der Waals surface area contributed by atoms with Crippen molar-refractivity contribution in [3.8, 4) is 11.5 Å². The third-order valence-electron chi connectivity index (χ3n) is 3.42. The van der Waals surface area contributed by atoms with Crippen molar-refractivity contribution in [2.45, 2.75) is 19.4 Å². The van der Waals surface area contributed by atoms with Gasteiger partial charge in [0.15, 0.2) is 6.10 Å². The number of halogens is 1. The van der Waals surface area contributed by atoms with Crippen LogP contribution in [0.4, 0.5) is 11.4 Å². The number of methoxy groups -OCH3 is 1. The normalized spacial score (nSPS) is 11.5. The number of anilines is 1. The number of nitrogens with one attached hydrogen (secondary N) is 1. The Morgan fingerprint density at radius 1 is 1.24 bits per heavy atom. The molecule has 132 valence electrons. The van der Waals surface area contributed by atoms with Gasteiger partial charge >= 0.3 is 0 Å². The Labute approximate surface area is 149 Å². The molecule has 0 aromatic heterocycles. The highest BCUT2D eigenvalue weighted by Gasteiger charge is 2.20. The molecule has 8 heteroatoms. The van der Waals surface area contributed by atoms with Crippen LogP contribution in [0.25, 0.3) is 0 Å². The second kappa shape index (κ2) is 8.34. The van der Waals surface area contributed by atoms with Gasteiger partial charge in [-0.05, 0) is 36.8 Å². The van der Waals surface area contributed by atoms with E-state index in [4.69, 9.17) is 21.1 Å². The summed E-state index contributed by atoms with van der Waals surface area (Å²) in [6.45, 7) is 1.79. The minimum atomic E-state index is -0.774. The molecule has 0 saturated heterocycles. The fraction of sp³-hybridized carbons (Fsp3) is 0.235. The minimum absolute atomic E-state index is 0.163. The summed E-state index contributed by atoms with van der Waals surface area (Å²) in [4.78, 5) is 22.7. The van der Waals surface area contributed by atoms with Gasteiger partial charge in [-0.2, -0.15) is 0 Å². The van der Waals surface area contributed by atoms with Crippen LogP contribution in [0, 0.1) is 10.1 Å². The SMILES string of the molecule is CCC(Oc1ccc(OC)cc1)C(=O)Nc1cc([N+](=O)[O-])ccc1Cl. The zero-order valence-electron chi connectivity index (χ0n) is 13.7. The van der Waals surface area contributed by atoms with E-state index in [-0.39, 0.29) is 16.4 Å². The first kappa shape index (κ1) is 18.5. The zero-order chi connectivity index (χ0) is 18.4. The van der Waals surface area contributed by atoms with Gasteiger partial charge in [-0.3, -0.25) is 14.9 Å². The number of benzene rings is 2. The summed E-state index contributed by atoms with van der Waals surface area (Å²) in [5.74, 6) is 0.738. The van der Waals surface area contributed by atoms with Gasteiger partial charge in [0.1, 0.15) is 11.5 Å². The van der Waals surface area contributed by atoms with Crippen LogP contribution in [-0.4, -0.2) is 24.0 Å². The molecule has 7 nitrogen and oxygen atoms in total. The Kier molecular flexibility index (Phi) is 6.19. The van der Waals surface area contributed by atoms with Gasteiger partial charge in [0.2, 0.25) is 0 Å². The van der Waals surface area contributed by atoms with E-state index in [0.29, 0.717) is 17.9 Å². The van der Waals surface area contributed by atoms with Crippen LogP contribution >= 0.6 is 11.6 Å². The molecular weight excluding hydrogens is 348 g/mol. The van der Waals surface area contributed by atoms with Crippen molar-refractivity contribution in [1.82, 2.24) is 0 Å². The Morgan fingerprint density at radius 2 is 1.88 bits per heavy atom. The van der Waals surface area contributed by atoms with Crippen molar-refractivity contribution >= 4 is 28.9 Å². The van der Waals surface area contributed by atoms with Gasteiger partial charge in [0, 0.05) is 12.1 Å². The zero-order valence-corrected chi connectivity index (χ0v) is 14.4. The molecule has 0 saturated carbocycles. The fourth-order valence-electron chi connectivity index (χ4n) is 2.08. The third kappa shape index (κ3) is 4.84. The molecule has 1 amide bonds. The van der Waals surface area contributed by atoms with Crippen molar-refractivity contribution in [3.63, 3.8) is 0 Å². The Hall–Kier alpha value is -2.80. The average molecular weight is 365 g/mol. The number of ether oxygens (including phenoxy) is 2. The van der Waals surface area contributed by atoms with Crippen molar-refractivity contribution < 1.29 is 19.2 Å². The number of hydrogen-bond donors (Lipinski definition) is 1. The van der Waals surface area contributed by atoms with E-state index >= 15 is 0 Å². The summed E-state index contributed by atoms with van der Waals surface area (Å²) >= 11 is 5.99. The molecule has 0 aliphatic rings. The van der Waals surface area contributed by atoms with Crippen molar-refractivity contribution in [3.05, 3.63) is 57.6 Å². The predicted octanol–water partition coefficient (Wildman–Crippen LogP) is 4.05. The molecule has 0 radical (unpaired) electrons. The third-order valence-corrected chi connectivity index (χ3v) is 3.75. The number of amides is 1. The van der Waals surface area contributed by atoms with Crippen molar-refractivity contribution in [1.29, 1.82) is 0 Å². The van der Waals surface area contributed by atoms with Crippen LogP contribution < -0.4 is 14.8 Å². The van der Waals surface area contributed by atoms with Crippen LogP contribution in [0.1, 0.15) is 13.3 Å². The minimum Gasteiger partial charge on any atom is -0.497 e. The number of nitro benzene ring substituents is 1. The van der Waals surface area contributed by atoms with Gasteiger partial charge in [-0.15, -0.1) is 0 Å². The summed E-state index contributed by atoms with van der Waals surface area (Å²) in [7, 11) is 1.56. The second-order valence-electron chi connectivity index (χ2n) is 5.10. The summed E-state index contributed by atoms with van der Waals surface area (Å²) in [6.07, 6.45) is -0.367. The number of carbonyl (C=O) groups is 1. The first-order valence-electron chi connectivity index (χ1n) is 7.50. The molecule has 1 atom stereocenters. The molecule has 1 unspecified atom stereocenters. The summed E-state index contributed by atoms with van der Waals surface area (Å²) in [5.41, 5.74) is 0.00136. The number of nitrogens with zero attached hydrogens (tertiary/aromatic N) is 1. The number of hydrogen-bond acceptors (Lipinski definition) is 5. The monoisotopic (exact) mass is 364 g/mol. The van der Waals surface area contributed by atoms with Crippen LogP contribution in [0.5, 0.6) is 11.5 Å². The molecular formula is C17H17ClN2O5. The Bertz CT molecular complexity index is 764. The smallest absolute Gasteiger partial charge is 0.271 e. The maximum Gasteiger partial charge on any atom is 0.271 e. The highest BCUT2D eigenvalue weighted by atomic mass is 35.5. The van der Waals surface area contributed by atoms with E-state index in [1.54, 1.807) is 38.3 Å². The van der Waals surface area contributed by atoms with Crippen LogP contribution in [-0.2, 0) is 4.79 Å². The van der Waals surface area contributed by atoms with Gasteiger partial charge in [-0.25, -0.2) is 0 Å². The lowest BCUT2D eigenvalue weighted by Crippen LogP contribution is -2.32. The van der Waals surface area contributed by atoms with Crippen LogP contribution in [0.2, 0.25) is 5.02 Å². The largest absolute Gasteiger partial charge is 0.497 e. The van der Waals surface area contributed by atoms with Gasteiger partial charge in [0.25, 0.3) is 11.6 Å². The first-order valence-corrected chi connectivity index (χ1v) is 7.88. The maximum atomic E-state index is 12.4. The van der Waals surface area contributed by atoms with E-state index in [1.165, 1.54) is 18.2 Å². The van der Waals surface area contributed by atoms with Gasteiger partial charge in [-0.1, -0.05) is 18.5 Å². The van der Waals surface area contributed by atoms with E-state index in [2.05, 4.69) is 5.32 Å². The first-order chi connectivity index (χ1) is 11.9. The summed E-state index contributed by atoms with van der Waals surface area (Å²) in [5, 5.41) is 13.6. The lowest BCUT2D eigenvalue weighted by molar-refractivity contribution is -0.384.